The summed E-state index contributed by atoms with van der Waals surface area (Å²) in [5.74, 6) is -1.13. The molecule has 9 heteroatoms. The van der Waals surface area contributed by atoms with Crippen molar-refractivity contribution in [2.24, 2.45) is 0 Å². The third-order valence-corrected chi connectivity index (χ3v) is 7.84. The molecule has 40 heavy (non-hydrogen) atoms. The molecule has 2 fully saturated rings. The van der Waals surface area contributed by atoms with Crippen molar-refractivity contribution in [3.05, 3.63) is 97.2 Å². The number of carbonyl (C=O) groups excluding carboxylic acids is 2. The first kappa shape index (κ1) is 25.4. The molecule has 4 aromatic rings. The van der Waals surface area contributed by atoms with Crippen molar-refractivity contribution in [3.63, 3.8) is 0 Å². The Labute approximate surface area is 231 Å². The van der Waals surface area contributed by atoms with Crippen LogP contribution < -0.4 is 9.80 Å². The zero-order valence-corrected chi connectivity index (χ0v) is 22.0. The van der Waals surface area contributed by atoms with Crippen molar-refractivity contribution in [1.29, 1.82) is 0 Å². The van der Waals surface area contributed by atoms with E-state index in [1.807, 2.05) is 91.0 Å². The SMILES string of the molecule is CN(C(=O)N1[C@H]2CC[C@@H]1[C@@H](C(=O)O)N(C(=O)N(c1ccccc1)c1ccccc1)C2)c1cnc2ccccc2c1. The zero-order valence-electron chi connectivity index (χ0n) is 22.0. The highest BCUT2D eigenvalue weighted by Gasteiger charge is 2.54. The average Bonchev–Trinajstić information content (AvgIpc) is 3.29. The zero-order chi connectivity index (χ0) is 27.8. The highest BCUT2D eigenvalue weighted by atomic mass is 16.4. The summed E-state index contributed by atoms with van der Waals surface area (Å²) in [4.78, 5) is 51.3. The lowest BCUT2D eigenvalue weighted by Crippen LogP contribution is -2.67. The van der Waals surface area contributed by atoms with E-state index in [1.54, 1.807) is 23.0 Å². The highest BCUT2D eigenvalue weighted by molar-refractivity contribution is 6.02. The van der Waals surface area contributed by atoms with Gasteiger partial charge in [0.1, 0.15) is 0 Å². The molecule has 202 valence electrons. The number of nitrogens with zero attached hydrogens (tertiary/aromatic N) is 5. The Bertz CT molecular complexity index is 1520. The van der Waals surface area contributed by atoms with Gasteiger partial charge in [-0.15, -0.1) is 0 Å². The fraction of sp³-hybridized carbons (Fsp3) is 0.226. The fourth-order valence-electron chi connectivity index (χ4n) is 5.92. The first-order chi connectivity index (χ1) is 19.4. The van der Waals surface area contributed by atoms with E-state index in [0.717, 1.165) is 10.9 Å². The minimum absolute atomic E-state index is 0.123. The van der Waals surface area contributed by atoms with Crippen molar-refractivity contribution in [2.45, 2.75) is 31.0 Å². The summed E-state index contributed by atoms with van der Waals surface area (Å²) in [6, 6.07) is 25.0. The van der Waals surface area contributed by atoms with Crippen LogP contribution in [0.2, 0.25) is 0 Å². The van der Waals surface area contributed by atoms with E-state index in [9.17, 15) is 19.5 Å². The summed E-state index contributed by atoms with van der Waals surface area (Å²) >= 11 is 0. The number of rotatable bonds is 4. The molecular formula is C31H29N5O4. The number of carbonyl (C=O) groups is 3. The number of anilines is 3. The largest absolute Gasteiger partial charge is 0.480 e. The molecule has 0 saturated carbocycles. The highest BCUT2D eigenvalue weighted by Crippen LogP contribution is 2.38. The second-order valence-electron chi connectivity index (χ2n) is 10.2. The number of fused-ring (bicyclic) bond motifs is 3. The molecule has 3 atom stereocenters. The summed E-state index contributed by atoms with van der Waals surface area (Å²) in [7, 11) is 1.67. The normalized spacial score (nSPS) is 19.9. The van der Waals surface area contributed by atoms with E-state index >= 15 is 0 Å². The molecule has 0 spiro atoms. The standard InChI is InChI=1S/C31H29N5O4/c1-33(25-18-21-10-8-9-15-26(21)32-19-25)30(39)36-24-16-17-27(36)28(29(37)38)34(20-24)31(40)35(22-11-4-2-5-12-22)23-13-6-3-7-14-23/h2-15,18-19,24,27-28H,16-17,20H2,1H3,(H,37,38)/t24-,27+,28-/m0/s1. The van der Waals surface area contributed by atoms with Gasteiger partial charge in [0.2, 0.25) is 0 Å². The minimum Gasteiger partial charge on any atom is -0.480 e. The molecule has 0 unspecified atom stereocenters. The minimum atomic E-state index is -1.19. The number of carboxylic acids is 1. The van der Waals surface area contributed by atoms with Crippen molar-refractivity contribution in [2.75, 3.05) is 23.4 Å². The molecule has 2 aliphatic rings. The second kappa shape index (κ2) is 10.3. The number of urea groups is 2. The maximum Gasteiger partial charge on any atom is 0.329 e. The van der Waals surface area contributed by atoms with Crippen molar-refractivity contribution in [3.8, 4) is 0 Å². The van der Waals surface area contributed by atoms with Crippen LogP contribution in [0.5, 0.6) is 0 Å². The van der Waals surface area contributed by atoms with E-state index in [0.29, 0.717) is 29.9 Å². The van der Waals surface area contributed by atoms with Gasteiger partial charge in [-0.05, 0) is 49.2 Å². The summed E-state index contributed by atoms with van der Waals surface area (Å²) in [5, 5.41) is 11.3. The molecule has 2 bridgehead atoms. The van der Waals surface area contributed by atoms with E-state index in [4.69, 9.17) is 0 Å². The van der Waals surface area contributed by atoms with Gasteiger partial charge in [0.15, 0.2) is 6.04 Å². The van der Waals surface area contributed by atoms with Crippen LogP contribution in [-0.4, -0.2) is 69.6 Å². The Morgan fingerprint density at radius 1 is 0.825 bits per heavy atom. The van der Waals surface area contributed by atoms with Crippen LogP contribution in [-0.2, 0) is 4.79 Å². The van der Waals surface area contributed by atoms with E-state index in [2.05, 4.69) is 4.98 Å². The lowest BCUT2D eigenvalue weighted by atomic mass is 10.0. The molecule has 3 aromatic carbocycles. The molecule has 9 nitrogen and oxygen atoms in total. The first-order valence-corrected chi connectivity index (χ1v) is 13.3. The number of amides is 4. The van der Waals surface area contributed by atoms with Gasteiger partial charge in [-0.25, -0.2) is 14.4 Å². The van der Waals surface area contributed by atoms with Crippen LogP contribution in [0.4, 0.5) is 26.7 Å². The number of piperazine rings is 1. The van der Waals surface area contributed by atoms with E-state index < -0.39 is 24.1 Å². The molecule has 1 N–H and O–H groups in total. The Morgan fingerprint density at radius 3 is 2.10 bits per heavy atom. The van der Waals surface area contributed by atoms with Gasteiger partial charge >= 0.3 is 18.0 Å². The number of benzene rings is 3. The van der Waals surface area contributed by atoms with Gasteiger partial charge in [0.05, 0.1) is 40.9 Å². The molecule has 2 aliphatic heterocycles. The average molecular weight is 536 g/mol. The predicted octanol–water partition coefficient (Wildman–Crippen LogP) is 5.35. The quantitative estimate of drug-likeness (QED) is 0.380. The van der Waals surface area contributed by atoms with E-state index in [-0.39, 0.29) is 18.6 Å². The predicted molar refractivity (Wildman–Crippen MR) is 153 cm³/mol. The van der Waals surface area contributed by atoms with Crippen molar-refractivity contribution in [1.82, 2.24) is 14.8 Å². The van der Waals surface area contributed by atoms with Crippen LogP contribution >= 0.6 is 0 Å². The smallest absolute Gasteiger partial charge is 0.329 e. The number of likely N-dealkylation sites (tertiary alicyclic amines) is 1. The van der Waals surface area contributed by atoms with Crippen LogP contribution in [0.25, 0.3) is 10.9 Å². The monoisotopic (exact) mass is 535 g/mol. The number of aliphatic carboxylic acids is 1. The molecular weight excluding hydrogens is 506 g/mol. The summed E-state index contributed by atoms with van der Waals surface area (Å²) in [6.07, 6.45) is 2.76. The van der Waals surface area contributed by atoms with Crippen LogP contribution in [0.3, 0.4) is 0 Å². The number of hydrogen-bond donors (Lipinski definition) is 1. The van der Waals surface area contributed by atoms with Crippen molar-refractivity contribution < 1.29 is 19.5 Å². The maximum absolute atomic E-state index is 14.2. The molecule has 2 saturated heterocycles. The van der Waals surface area contributed by atoms with Gasteiger partial charge in [-0.2, -0.15) is 0 Å². The number of carboxylic acid groups (broad SMARTS) is 1. The molecule has 0 aliphatic carbocycles. The van der Waals surface area contributed by atoms with Crippen LogP contribution in [0.1, 0.15) is 12.8 Å². The Morgan fingerprint density at radius 2 is 1.45 bits per heavy atom. The number of para-hydroxylation sites is 3. The Kier molecular flexibility index (Phi) is 6.55. The van der Waals surface area contributed by atoms with Gasteiger partial charge in [-0.1, -0.05) is 54.6 Å². The first-order valence-electron chi connectivity index (χ1n) is 13.3. The van der Waals surface area contributed by atoms with Crippen LogP contribution in [0, 0.1) is 0 Å². The lowest BCUT2D eigenvalue weighted by molar-refractivity contribution is -0.145. The number of pyridine rings is 1. The molecule has 4 amide bonds. The lowest BCUT2D eigenvalue weighted by Gasteiger charge is -2.47. The Balaban J connectivity index is 1.31. The third kappa shape index (κ3) is 4.39. The fourth-order valence-corrected chi connectivity index (χ4v) is 5.92. The van der Waals surface area contributed by atoms with Gasteiger partial charge in [0, 0.05) is 19.0 Å². The number of aromatic nitrogens is 1. The summed E-state index contributed by atoms with van der Waals surface area (Å²) in [5.41, 5.74) is 2.72. The molecule has 3 heterocycles. The number of hydrogen-bond acceptors (Lipinski definition) is 4. The van der Waals surface area contributed by atoms with Crippen molar-refractivity contribution >= 4 is 46.0 Å². The molecule has 6 rings (SSSR count). The maximum atomic E-state index is 14.2. The Hall–Kier alpha value is -4.92. The van der Waals surface area contributed by atoms with Gasteiger partial charge in [0.25, 0.3) is 0 Å². The molecule has 1 aromatic heterocycles. The summed E-state index contributed by atoms with van der Waals surface area (Å²) < 4.78 is 0. The summed E-state index contributed by atoms with van der Waals surface area (Å²) in [6.45, 7) is 0.123. The molecule has 0 radical (unpaired) electrons. The second-order valence-corrected chi connectivity index (χ2v) is 10.2. The van der Waals surface area contributed by atoms with Gasteiger partial charge < -0.3 is 14.9 Å². The van der Waals surface area contributed by atoms with Crippen LogP contribution in [0.15, 0.2) is 97.2 Å². The van der Waals surface area contributed by atoms with E-state index in [1.165, 1.54) is 9.80 Å². The topological polar surface area (TPSA) is 97.3 Å². The van der Waals surface area contributed by atoms with Gasteiger partial charge in [-0.3, -0.25) is 14.8 Å². The third-order valence-electron chi connectivity index (χ3n) is 7.84.